The third-order valence-corrected chi connectivity index (χ3v) is 2.41. The van der Waals surface area contributed by atoms with Crippen LogP contribution >= 0.6 is 0 Å². The lowest BCUT2D eigenvalue weighted by atomic mass is 10.2. The molecule has 1 aliphatic heterocycles. The van der Waals surface area contributed by atoms with Gasteiger partial charge in [0.25, 0.3) is 0 Å². The molecule has 1 fully saturated rings. The van der Waals surface area contributed by atoms with Crippen molar-refractivity contribution in [1.29, 1.82) is 0 Å². The van der Waals surface area contributed by atoms with Crippen LogP contribution in [0.5, 0.6) is 0 Å². The molecule has 0 bridgehead atoms. The van der Waals surface area contributed by atoms with Crippen LogP contribution in [-0.2, 0) is 4.74 Å². The summed E-state index contributed by atoms with van der Waals surface area (Å²) < 4.78 is 6.29. The van der Waals surface area contributed by atoms with Crippen LogP contribution in [0.15, 0.2) is 0 Å². The molecule has 0 unspecified atom stereocenters. The maximum Gasteiger partial charge on any atom is 0.136 e. The Bertz CT molecular complexity index is 108. The van der Waals surface area contributed by atoms with Crippen LogP contribution in [0.1, 0.15) is 13.3 Å². The van der Waals surface area contributed by atoms with E-state index in [1.165, 1.54) is 13.0 Å². The summed E-state index contributed by atoms with van der Waals surface area (Å²) in [5, 5.41) is 0. The third-order valence-electron chi connectivity index (χ3n) is 2.41. The van der Waals surface area contributed by atoms with Crippen molar-refractivity contribution in [3.63, 3.8) is 0 Å². The molecule has 60 valence electrons. The molecule has 0 aliphatic carbocycles. The first-order valence-corrected chi connectivity index (χ1v) is 4.07. The van der Waals surface area contributed by atoms with Gasteiger partial charge in [-0.1, -0.05) is 6.92 Å². The van der Waals surface area contributed by atoms with Crippen LogP contribution < -0.4 is 0 Å². The standard InChI is InChI=1S/C8H18NO/c1-4-5-9(2,3)8-6-10-7-8/h8H,4-7H2,1-3H3/q+1. The second kappa shape index (κ2) is 2.89. The van der Waals surface area contributed by atoms with Gasteiger partial charge in [-0.05, 0) is 6.42 Å². The molecule has 10 heavy (non-hydrogen) atoms. The molecular weight excluding hydrogens is 126 g/mol. The van der Waals surface area contributed by atoms with Gasteiger partial charge in [0.05, 0.1) is 20.6 Å². The smallest absolute Gasteiger partial charge is 0.136 e. The van der Waals surface area contributed by atoms with Gasteiger partial charge in [0.1, 0.15) is 19.3 Å². The molecule has 0 spiro atoms. The Hall–Kier alpha value is -0.0800. The van der Waals surface area contributed by atoms with Gasteiger partial charge in [-0.2, -0.15) is 0 Å². The molecule has 0 atom stereocenters. The largest absolute Gasteiger partial charge is 0.369 e. The van der Waals surface area contributed by atoms with E-state index in [2.05, 4.69) is 21.0 Å². The van der Waals surface area contributed by atoms with Gasteiger partial charge in [0.15, 0.2) is 0 Å². The molecule has 1 rings (SSSR count). The highest BCUT2D eigenvalue weighted by Crippen LogP contribution is 2.15. The average Bonchev–Trinajstić information content (AvgIpc) is 1.56. The normalized spacial score (nSPS) is 20.7. The first-order chi connectivity index (χ1) is 4.67. The number of ether oxygens (including phenoxy) is 1. The summed E-state index contributed by atoms with van der Waals surface area (Å²) in [4.78, 5) is 0. The predicted molar refractivity (Wildman–Crippen MR) is 41.9 cm³/mol. The Balaban J connectivity index is 2.33. The molecule has 2 nitrogen and oxygen atoms in total. The summed E-state index contributed by atoms with van der Waals surface area (Å²) >= 11 is 0. The monoisotopic (exact) mass is 144 g/mol. The first-order valence-electron chi connectivity index (χ1n) is 4.07. The van der Waals surface area contributed by atoms with Gasteiger partial charge in [-0.3, -0.25) is 0 Å². The summed E-state index contributed by atoms with van der Waals surface area (Å²) in [6.45, 7) is 5.44. The fraction of sp³-hybridized carbons (Fsp3) is 1.00. The van der Waals surface area contributed by atoms with E-state index >= 15 is 0 Å². The van der Waals surface area contributed by atoms with Gasteiger partial charge in [-0.25, -0.2) is 0 Å². The lowest BCUT2D eigenvalue weighted by Crippen LogP contribution is -2.58. The van der Waals surface area contributed by atoms with E-state index in [-0.39, 0.29) is 0 Å². The molecule has 0 aromatic rings. The van der Waals surface area contributed by atoms with Gasteiger partial charge in [0, 0.05) is 0 Å². The topological polar surface area (TPSA) is 9.23 Å². The van der Waals surface area contributed by atoms with Crippen LogP contribution in [0, 0.1) is 0 Å². The number of nitrogens with zero attached hydrogens (tertiary/aromatic N) is 1. The van der Waals surface area contributed by atoms with E-state index in [0.717, 1.165) is 23.7 Å². The van der Waals surface area contributed by atoms with Gasteiger partial charge >= 0.3 is 0 Å². The van der Waals surface area contributed by atoms with E-state index in [4.69, 9.17) is 4.74 Å². The Kier molecular flexibility index (Phi) is 2.32. The fourth-order valence-corrected chi connectivity index (χ4v) is 1.39. The zero-order chi connectivity index (χ0) is 7.61. The van der Waals surface area contributed by atoms with E-state index in [9.17, 15) is 0 Å². The van der Waals surface area contributed by atoms with E-state index in [1.807, 2.05) is 0 Å². The predicted octanol–water partition coefficient (Wildman–Crippen LogP) is 0.872. The molecule has 0 saturated carbocycles. The summed E-state index contributed by atoms with van der Waals surface area (Å²) in [5.41, 5.74) is 0. The summed E-state index contributed by atoms with van der Waals surface area (Å²) in [7, 11) is 4.58. The molecule has 0 radical (unpaired) electrons. The van der Waals surface area contributed by atoms with Crippen molar-refractivity contribution in [2.24, 2.45) is 0 Å². The molecule has 1 saturated heterocycles. The van der Waals surface area contributed by atoms with Crippen molar-refractivity contribution < 1.29 is 9.22 Å². The van der Waals surface area contributed by atoms with Crippen LogP contribution in [0.3, 0.4) is 0 Å². The van der Waals surface area contributed by atoms with Crippen LogP contribution in [0.4, 0.5) is 0 Å². The molecule has 1 heterocycles. The van der Waals surface area contributed by atoms with Gasteiger partial charge in [-0.15, -0.1) is 0 Å². The second-order valence-electron chi connectivity index (χ2n) is 3.69. The number of hydrogen-bond acceptors (Lipinski definition) is 1. The van der Waals surface area contributed by atoms with Gasteiger partial charge in [0.2, 0.25) is 0 Å². The van der Waals surface area contributed by atoms with Crippen molar-refractivity contribution >= 4 is 0 Å². The van der Waals surface area contributed by atoms with Crippen LogP contribution in [0.2, 0.25) is 0 Å². The van der Waals surface area contributed by atoms with Crippen molar-refractivity contribution in [2.75, 3.05) is 33.9 Å². The Labute approximate surface area is 63.4 Å². The number of hydrogen-bond donors (Lipinski definition) is 0. The molecule has 0 aromatic carbocycles. The minimum Gasteiger partial charge on any atom is -0.369 e. The fourth-order valence-electron chi connectivity index (χ4n) is 1.39. The molecule has 0 amide bonds. The Morgan fingerprint density at radius 3 is 2.30 bits per heavy atom. The van der Waals surface area contributed by atoms with Gasteiger partial charge < -0.3 is 9.22 Å². The average molecular weight is 144 g/mol. The lowest BCUT2D eigenvalue weighted by Gasteiger charge is -2.42. The molecule has 1 aliphatic rings. The second-order valence-corrected chi connectivity index (χ2v) is 3.69. The lowest BCUT2D eigenvalue weighted by molar-refractivity contribution is -0.924. The van der Waals surface area contributed by atoms with Crippen molar-refractivity contribution in [2.45, 2.75) is 19.4 Å². The molecular formula is C8H18NO+. The summed E-state index contributed by atoms with van der Waals surface area (Å²) in [6.07, 6.45) is 1.27. The first kappa shape index (κ1) is 8.02. The number of rotatable bonds is 3. The van der Waals surface area contributed by atoms with E-state index < -0.39 is 0 Å². The third kappa shape index (κ3) is 1.50. The van der Waals surface area contributed by atoms with Crippen LogP contribution in [-0.4, -0.2) is 44.4 Å². The molecule has 2 heteroatoms. The molecule has 0 aromatic heterocycles. The highest BCUT2D eigenvalue weighted by atomic mass is 16.5. The Morgan fingerprint density at radius 1 is 1.40 bits per heavy atom. The highest BCUT2D eigenvalue weighted by molar-refractivity contribution is 4.64. The Morgan fingerprint density at radius 2 is 2.00 bits per heavy atom. The molecule has 0 N–H and O–H groups in total. The summed E-state index contributed by atoms with van der Waals surface area (Å²) in [5.74, 6) is 0. The van der Waals surface area contributed by atoms with E-state index in [1.54, 1.807) is 0 Å². The van der Waals surface area contributed by atoms with Crippen molar-refractivity contribution in [3.8, 4) is 0 Å². The SMILES string of the molecule is CCC[N+](C)(C)C1COC1. The zero-order valence-electron chi connectivity index (χ0n) is 7.26. The quantitative estimate of drug-likeness (QED) is 0.534. The summed E-state index contributed by atoms with van der Waals surface area (Å²) in [6, 6.07) is 0.764. The minimum atomic E-state index is 0.764. The zero-order valence-corrected chi connectivity index (χ0v) is 7.26. The van der Waals surface area contributed by atoms with Crippen molar-refractivity contribution in [3.05, 3.63) is 0 Å². The maximum atomic E-state index is 5.15. The number of likely N-dealkylation sites (N-methyl/N-ethyl adjacent to an activating group) is 1. The van der Waals surface area contributed by atoms with E-state index in [0.29, 0.717) is 0 Å². The number of quaternary nitrogens is 1. The maximum absolute atomic E-state index is 5.15. The van der Waals surface area contributed by atoms with Crippen molar-refractivity contribution in [1.82, 2.24) is 0 Å². The highest BCUT2D eigenvalue weighted by Gasteiger charge is 2.33. The van der Waals surface area contributed by atoms with Crippen LogP contribution in [0.25, 0.3) is 0 Å². The minimum absolute atomic E-state index is 0.764.